The molecule has 0 fully saturated rings. The molecule has 14 nitrogen and oxygen atoms in total. The van der Waals surface area contributed by atoms with Crippen LogP contribution in [-0.4, -0.2) is 76.1 Å². The summed E-state index contributed by atoms with van der Waals surface area (Å²) in [6.07, 6.45) is 10.8. The van der Waals surface area contributed by atoms with Crippen molar-refractivity contribution in [1.29, 1.82) is 5.41 Å². The number of esters is 1. The van der Waals surface area contributed by atoms with Crippen molar-refractivity contribution in [2.24, 2.45) is 15.0 Å². The summed E-state index contributed by atoms with van der Waals surface area (Å²) < 4.78 is 25.4. The summed E-state index contributed by atoms with van der Waals surface area (Å²) >= 11 is 0. The topological polar surface area (TPSA) is 180 Å². The molecule has 3 N–H and O–H groups in total. The molecule has 2 aromatic rings. The predicted molar refractivity (Wildman–Crippen MR) is 156 cm³/mol. The van der Waals surface area contributed by atoms with Crippen LogP contribution in [0.5, 0.6) is 17.2 Å². The van der Waals surface area contributed by atoms with E-state index >= 15 is 0 Å². The largest absolute Gasteiger partial charge is 0.857 e. The number of imidazole rings is 1. The molecule has 0 amide bonds. The van der Waals surface area contributed by atoms with E-state index in [4.69, 9.17) is 24.4 Å². The van der Waals surface area contributed by atoms with Gasteiger partial charge in [0.05, 0.1) is 25.5 Å². The summed E-state index contributed by atoms with van der Waals surface area (Å²) in [4.78, 5) is 30.0. The molecule has 5 heterocycles. The number of methoxy groups -OCH3 is 1. The van der Waals surface area contributed by atoms with E-state index in [0.717, 1.165) is 5.56 Å². The number of fused-ring (bicyclic) bond motifs is 5. The lowest BCUT2D eigenvalue weighted by Crippen LogP contribution is -3.10. The summed E-state index contributed by atoms with van der Waals surface area (Å²) in [6.45, 7) is 4.12. The Bertz CT molecular complexity index is 1800. The molecule has 0 saturated carbocycles. The minimum Gasteiger partial charge on any atom is -0.857 e. The number of benzene rings is 1. The average molecular weight is 600 g/mol. The van der Waals surface area contributed by atoms with Crippen LogP contribution in [-0.2, 0) is 16.1 Å². The van der Waals surface area contributed by atoms with Crippen molar-refractivity contribution in [3.05, 3.63) is 59.7 Å². The van der Waals surface area contributed by atoms with Crippen LogP contribution in [0.1, 0.15) is 37.3 Å². The highest BCUT2D eigenvalue weighted by Gasteiger charge is 2.49. The molecule has 1 aromatic carbocycles. The van der Waals surface area contributed by atoms with E-state index in [1.807, 2.05) is 22.8 Å². The molecule has 4 unspecified atom stereocenters. The first-order chi connectivity index (χ1) is 21.2. The number of amidine groups is 1. The quantitative estimate of drug-likeness (QED) is 0.315. The van der Waals surface area contributed by atoms with Gasteiger partial charge in [0, 0.05) is 36.2 Å². The molecule has 4 aliphatic heterocycles. The van der Waals surface area contributed by atoms with Gasteiger partial charge in [0.15, 0.2) is 12.4 Å². The Morgan fingerprint density at radius 2 is 2.20 bits per heavy atom. The number of nitrogens with zero attached hydrogens (tertiary/aromatic N) is 5. The maximum absolute atomic E-state index is 12.8. The third kappa shape index (κ3) is 4.33. The Morgan fingerprint density at radius 3 is 3.00 bits per heavy atom. The molecule has 0 bridgehead atoms. The summed E-state index contributed by atoms with van der Waals surface area (Å²) in [5.74, 6) is 0.392. The van der Waals surface area contributed by atoms with E-state index in [9.17, 15) is 15.0 Å². The van der Waals surface area contributed by atoms with Crippen LogP contribution >= 0.6 is 0 Å². The molecule has 1 aromatic heterocycles. The van der Waals surface area contributed by atoms with E-state index in [1.165, 1.54) is 0 Å². The van der Waals surface area contributed by atoms with Crippen molar-refractivity contribution in [2.75, 3.05) is 20.4 Å². The first-order valence-electron chi connectivity index (χ1n) is 14.1. The maximum Gasteiger partial charge on any atom is 0.374 e. The van der Waals surface area contributed by atoms with Gasteiger partial charge in [-0.25, -0.2) is 19.7 Å². The van der Waals surface area contributed by atoms with E-state index < -0.39 is 23.6 Å². The van der Waals surface area contributed by atoms with Gasteiger partial charge in [-0.05, 0) is 31.9 Å². The Labute approximate surface area is 251 Å². The molecule has 226 valence electrons. The van der Waals surface area contributed by atoms with Crippen molar-refractivity contribution in [1.82, 2.24) is 9.55 Å². The second kappa shape index (κ2) is 10.3. The third-order valence-corrected chi connectivity index (χ3v) is 8.15. The number of rotatable bonds is 6. The smallest absolute Gasteiger partial charge is 0.374 e. The van der Waals surface area contributed by atoms with Crippen molar-refractivity contribution >= 4 is 40.9 Å². The highest BCUT2D eigenvalue weighted by atomic mass is 16.6. The summed E-state index contributed by atoms with van der Waals surface area (Å²) in [7, 11) is 1.56. The number of ether oxygens (including phenoxy) is 4. The number of guanidine groups is 1. The highest BCUT2D eigenvalue weighted by Crippen LogP contribution is 2.55. The zero-order valence-corrected chi connectivity index (χ0v) is 24.2. The molecule has 44 heavy (non-hydrogen) atoms. The lowest BCUT2D eigenvalue weighted by Gasteiger charge is -2.34. The van der Waals surface area contributed by atoms with Crippen LogP contribution in [0, 0.1) is 5.41 Å². The fourth-order valence-corrected chi connectivity index (χ4v) is 6.19. The molecule has 0 saturated heterocycles. The molecule has 14 heteroatoms. The standard InChI is InChI=1S/C30H29N7O7/c1-4-42-27(39)19-12-15(7-10-36-11-9-32-29(36)37-14-33-22-25(37)34-28(31)35-26(22)38)20-17(43-19)13-18-21(23(20)41-3)16-6-5-8-30(2,40)24(16)44-18/h5-7,9,11-13,16,24,40H,4,8,10,14H2,1-3H3,(H2,31,35,38). The first-order valence-corrected chi connectivity index (χ1v) is 14.1. The predicted octanol–water partition coefficient (Wildman–Crippen LogP) is 0.404. The Hall–Kier alpha value is -5.08. The van der Waals surface area contributed by atoms with Gasteiger partial charge in [0.1, 0.15) is 29.0 Å². The van der Waals surface area contributed by atoms with E-state index in [2.05, 4.69) is 20.0 Å². The fourth-order valence-electron chi connectivity index (χ4n) is 6.19. The van der Waals surface area contributed by atoms with Gasteiger partial charge in [0.25, 0.3) is 5.84 Å². The number of aliphatic hydroxyl groups is 1. The number of carbonyl (C=O) groups excluding carboxylic acids is 1. The molecule has 0 radical (unpaired) electrons. The van der Waals surface area contributed by atoms with Gasteiger partial charge in [-0.15, -0.1) is 0 Å². The molecule has 1 aliphatic carbocycles. The molecule has 0 spiro atoms. The normalized spacial score (nSPS) is 27.1. The number of quaternary nitrogens is 1. The average Bonchev–Trinajstić information content (AvgIpc) is 3.72. The fraction of sp³-hybridized carbons (Fsp3) is 0.333. The number of nitrogens with one attached hydrogen (secondary N) is 2. The minimum atomic E-state index is -1.09. The lowest BCUT2D eigenvalue weighted by molar-refractivity contribution is -0.730. The maximum atomic E-state index is 12.8. The number of hydrogen-bond acceptors (Lipinski definition) is 10. The molecular formula is C30H29N7O7. The van der Waals surface area contributed by atoms with Gasteiger partial charge in [-0.1, -0.05) is 18.2 Å². The zero-order chi connectivity index (χ0) is 30.7. The van der Waals surface area contributed by atoms with E-state index in [1.54, 1.807) is 45.5 Å². The number of aliphatic imine (C=N–C) groups is 3. The van der Waals surface area contributed by atoms with Gasteiger partial charge in [-0.3, -0.25) is 9.98 Å². The van der Waals surface area contributed by atoms with Crippen molar-refractivity contribution in [3.63, 3.8) is 0 Å². The molecular weight excluding hydrogens is 570 g/mol. The van der Waals surface area contributed by atoms with Gasteiger partial charge < -0.3 is 29.2 Å². The van der Waals surface area contributed by atoms with Gasteiger partial charge >= 0.3 is 11.9 Å². The van der Waals surface area contributed by atoms with Crippen molar-refractivity contribution in [2.45, 2.75) is 44.4 Å². The second-order valence-electron chi connectivity index (χ2n) is 11.0. The molecule has 4 atom stereocenters. The Morgan fingerprint density at radius 1 is 1.36 bits per heavy atom. The van der Waals surface area contributed by atoms with Crippen LogP contribution in [0.4, 0.5) is 5.95 Å². The number of hydrogen-bond donors (Lipinski definition) is 3. The Balaban J connectivity index is 1.29. The number of carbonyl (C=O) groups is 1. The SMILES string of the molecule is CCOC(=O)C1=CC(=CCn2ccnc2[NH+]2CN=C3C([O-])=NC(=N)N=C32)c2c(cc3c(c2OC)C2C=CCC(C)(O)C2O3)O1. The Kier molecular flexibility index (Phi) is 6.48. The van der Waals surface area contributed by atoms with Crippen LogP contribution in [0.25, 0.3) is 5.57 Å². The molecule has 5 aliphatic rings. The minimum absolute atomic E-state index is 0.00121. The van der Waals surface area contributed by atoms with Crippen LogP contribution in [0.3, 0.4) is 0 Å². The lowest BCUT2D eigenvalue weighted by atomic mass is 9.78. The van der Waals surface area contributed by atoms with Gasteiger partial charge in [0.2, 0.25) is 11.7 Å². The summed E-state index contributed by atoms with van der Waals surface area (Å²) in [5, 5.41) is 31.2. The summed E-state index contributed by atoms with van der Waals surface area (Å²) in [6, 6.07) is 1.73. The third-order valence-electron chi connectivity index (χ3n) is 8.15. The number of aromatic nitrogens is 2. The van der Waals surface area contributed by atoms with Crippen molar-refractivity contribution < 1.29 is 38.9 Å². The monoisotopic (exact) mass is 599 g/mol. The zero-order valence-electron chi connectivity index (χ0n) is 24.2. The highest BCUT2D eigenvalue weighted by molar-refractivity contribution is 6.66. The van der Waals surface area contributed by atoms with Crippen LogP contribution in [0.15, 0.2) is 63.5 Å². The van der Waals surface area contributed by atoms with Crippen LogP contribution in [0.2, 0.25) is 0 Å². The number of allylic oxidation sites excluding steroid dienone is 3. The van der Waals surface area contributed by atoms with Gasteiger partial charge in [-0.2, -0.15) is 9.98 Å². The second-order valence-corrected chi connectivity index (χ2v) is 11.0. The van der Waals surface area contributed by atoms with E-state index in [0.29, 0.717) is 58.0 Å². The summed E-state index contributed by atoms with van der Waals surface area (Å²) in [5.41, 5.74) is 1.09. The van der Waals surface area contributed by atoms with E-state index in [-0.39, 0.29) is 36.6 Å². The first kappa shape index (κ1) is 27.7. The van der Waals surface area contributed by atoms with Crippen LogP contribution < -0.4 is 24.2 Å². The molecule has 7 rings (SSSR count). The van der Waals surface area contributed by atoms with Crippen molar-refractivity contribution in [3.8, 4) is 17.2 Å².